The van der Waals surface area contributed by atoms with E-state index in [2.05, 4.69) is 4.98 Å². The maximum atomic E-state index is 12.5. The molecule has 3 aromatic rings. The predicted molar refractivity (Wildman–Crippen MR) is 89.2 cm³/mol. The van der Waals surface area contributed by atoms with E-state index < -0.39 is 0 Å². The summed E-state index contributed by atoms with van der Waals surface area (Å²) >= 11 is 7.43. The number of carbonyl (C=O) groups excluding carboxylic acids is 1. The Balaban J connectivity index is 2.22. The number of thiophene rings is 1. The van der Waals surface area contributed by atoms with E-state index in [1.54, 1.807) is 13.1 Å². The lowest BCUT2D eigenvalue weighted by atomic mass is 10.1. The van der Waals surface area contributed by atoms with E-state index in [4.69, 9.17) is 16.4 Å². The van der Waals surface area contributed by atoms with Crippen molar-refractivity contribution in [2.45, 2.75) is 0 Å². The summed E-state index contributed by atoms with van der Waals surface area (Å²) in [5.41, 5.74) is 2.04. The van der Waals surface area contributed by atoms with Gasteiger partial charge in [-0.05, 0) is 24.3 Å². The molecule has 2 heterocycles. The van der Waals surface area contributed by atoms with Crippen molar-refractivity contribution in [3.8, 4) is 10.6 Å². The Morgan fingerprint density at radius 2 is 2.05 bits per heavy atom. The minimum atomic E-state index is -0.218. The highest BCUT2D eigenvalue weighted by Gasteiger charge is 2.17. The number of amides is 1. The number of rotatable bonds is 3. The van der Waals surface area contributed by atoms with E-state index >= 15 is 0 Å². The van der Waals surface area contributed by atoms with Gasteiger partial charge in [-0.15, -0.1) is 11.3 Å². The van der Waals surface area contributed by atoms with Crippen molar-refractivity contribution in [1.82, 2.24) is 10.0 Å². The zero-order valence-corrected chi connectivity index (χ0v) is 13.6. The zero-order chi connectivity index (χ0) is 15.7. The van der Waals surface area contributed by atoms with Gasteiger partial charge in [0.15, 0.2) is 0 Å². The number of hydrogen-bond donors (Lipinski definition) is 0. The van der Waals surface area contributed by atoms with Crippen LogP contribution in [0.4, 0.5) is 0 Å². The molecule has 4 nitrogen and oxygen atoms in total. The number of pyridine rings is 1. The fraction of sp³-hybridized carbons (Fsp3) is 0.125. The normalized spacial score (nSPS) is 10.9. The highest BCUT2D eigenvalue weighted by Crippen LogP contribution is 2.32. The number of benzene rings is 1. The highest BCUT2D eigenvalue weighted by atomic mass is 35.5. The monoisotopic (exact) mass is 332 g/mol. The summed E-state index contributed by atoms with van der Waals surface area (Å²) in [4.78, 5) is 23.1. The molecule has 0 saturated heterocycles. The number of aromatic nitrogens is 1. The van der Waals surface area contributed by atoms with Gasteiger partial charge in [0, 0.05) is 12.4 Å². The Labute approximate surface area is 136 Å². The summed E-state index contributed by atoms with van der Waals surface area (Å²) < 4.78 is 0.687. The van der Waals surface area contributed by atoms with Gasteiger partial charge in [0.2, 0.25) is 0 Å². The number of halogens is 1. The number of hydroxylamine groups is 2. The lowest BCUT2D eigenvalue weighted by Crippen LogP contribution is -2.25. The molecule has 0 aliphatic heterocycles. The lowest BCUT2D eigenvalue weighted by Gasteiger charge is -2.15. The van der Waals surface area contributed by atoms with Crippen LogP contribution in [0.25, 0.3) is 21.5 Å². The molecular weight excluding hydrogens is 320 g/mol. The minimum absolute atomic E-state index is 0.218. The Morgan fingerprint density at radius 3 is 2.73 bits per heavy atom. The van der Waals surface area contributed by atoms with Gasteiger partial charge < -0.3 is 0 Å². The van der Waals surface area contributed by atoms with Crippen molar-refractivity contribution in [1.29, 1.82) is 0 Å². The first-order chi connectivity index (χ1) is 10.6. The molecule has 0 unspecified atom stereocenters. The maximum Gasteiger partial charge on any atom is 0.277 e. The standard InChI is InChI=1S/C16H13ClN2O2S/c1-19(21-2)16(20)11-9-13(14-7-8-15(17)22-14)18-12-6-4-3-5-10(11)12/h3-9H,1-2H3. The second kappa shape index (κ2) is 6.04. The molecule has 0 N–H and O–H groups in total. The van der Waals surface area contributed by atoms with Gasteiger partial charge in [0.25, 0.3) is 5.91 Å². The van der Waals surface area contributed by atoms with Crippen LogP contribution in [0.5, 0.6) is 0 Å². The summed E-state index contributed by atoms with van der Waals surface area (Å²) in [6.45, 7) is 0. The molecule has 0 bridgehead atoms. The van der Waals surface area contributed by atoms with Crippen molar-refractivity contribution in [2.75, 3.05) is 14.2 Å². The van der Waals surface area contributed by atoms with Crippen LogP contribution in [0.2, 0.25) is 4.34 Å². The number of para-hydroxylation sites is 1. The Morgan fingerprint density at radius 1 is 1.27 bits per heavy atom. The fourth-order valence-electron chi connectivity index (χ4n) is 2.18. The molecule has 6 heteroatoms. The first kappa shape index (κ1) is 15.0. The maximum absolute atomic E-state index is 12.5. The van der Waals surface area contributed by atoms with E-state index in [9.17, 15) is 4.79 Å². The number of nitrogens with zero attached hydrogens (tertiary/aromatic N) is 2. The van der Waals surface area contributed by atoms with Crippen LogP contribution in [0.15, 0.2) is 42.5 Å². The van der Waals surface area contributed by atoms with Crippen molar-refractivity contribution in [3.63, 3.8) is 0 Å². The molecule has 0 radical (unpaired) electrons. The topological polar surface area (TPSA) is 42.4 Å². The third kappa shape index (κ3) is 2.70. The van der Waals surface area contributed by atoms with Gasteiger partial charge in [0.1, 0.15) is 0 Å². The molecule has 0 saturated carbocycles. The lowest BCUT2D eigenvalue weighted by molar-refractivity contribution is -0.0755. The van der Waals surface area contributed by atoms with E-state index in [1.807, 2.05) is 36.4 Å². The largest absolute Gasteiger partial charge is 0.277 e. The third-order valence-corrected chi connectivity index (χ3v) is 4.59. The van der Waals surface area contributed by atoms with Crippen LogP contribution in [-0.2, 0) is 4.84 Å². The summed E-state index contributed by atoms with van der Waals surface area (Å²) in [7, 11) is 3.04. The predicted octanol–water partition coefficient (Wildman–Crippen LogP) is 4.25. The van der Waals surface area contributed by atoms with Gasteiger partial charge in [-0.3, -0.25) is 9.63 Å². The van der Waals surface area contributed by atoms with Crippen LogP contribution in [-0.4, -0.2) is 30.1 Å². The smallest absolute Gasteiger partial charge is 0.274 e. The zero-order valence-electron chi connectivity index (χ0n) is 12.0. The average Bonchev–Trinajstić information content (AvgIpc) is 2.99. The van der Waals surface area contributed by atoms with Crippen molar-refractivity contribution in [2.24, 2.45) is 0 Å². The van der Waals surface area contributed by atoms with E-state index in [0.29, 0.717) is 9.90 Å². The van der Waals surface area contributed by atoms with Gasteiger partial charge >= 0.3 is 0 Å². The Hall–Kier alpha value is -1.95. The minimum Gasteiger partial charge on any atom is -0.274 e. The number of carbonyl (C=O) groups is 1. The molecular formula is C16H13ClN2O2S. The van der Waals surface area contributed by atoms with Crippen LogP contribution in [0.3, 0.4) is 0 Å². The van der Waals surface area contributed by atoms with Crippen LogP contribution >= 0.6 is 22.9 Å². The Bertz CT molecular complexity index is 847. The molecule has 1 aromatic carbocycles. The van der Waals surface area contributed by atoms with E-state index in [-0.39, 0.29) is 5.91 Å². The van der Waals surface area contributed by atoms with Crippen molar-refractivity contribution < 1.29 is 9.63 Å². The molecule has 112 valence electrons. The second-order valence-electron chi connectivity index (χ2n) is 4.66. The summed E-state index contributed by atoms with van der Waals surface area (Å²) in [6, 6.07) is 13.0. The van der Waals surface area contributed by atoms with Gasteiger partial charge in [0.05, 0.1) is 33.1 Å². The van der Waals surface area contributed by atoms with Gasteiger partial charge in [-0.2, -0.15) is 0 Å². The van der Waals surface area contributed by atoms with E-state index in [0.717, 1.165) is 21.5 Å². The molecule has 0 aliphatic rings. The molecule has 2 aromatic heterocycles. The number of fused-ring (bicyclic) bond motifs is 1. The first-order valence-corrected chi connectivity index (χ1v) is 7.77. The highest BCUT2D eigenvalue weighted by molar-refractivity contribution is 7.19. The van der Waals surface area contributed by atoms with Crippen LogP contribution < -0.4 is 0 Å². The molecule has 3 rings (SSSR count). The molecule has 22 heavy (non-hydrogen) atoms. The SMILES string of the molecule is CON(C)C(=O)c1cc(-c2ccc(Cl)s2)nc2ccccc12. The summed E-state index contributed by atoms with van der Waals surface area (Å²) in [5, 5.41) is 2.00. The summed E-state index contributed by atoms with van der Waals surface area (Å²) in [6.07, 6.45) is 0. The summed E-state index contributed by atoms with van der Waals surface area (Å²) in [5.74, 6) is -0.218. The number of hydrogen-bond acceptors (Lipinski definition) is 4. The molecule has 0 atom stereocenters. The molecule has 1 amide bonds. The van der Waals surface area contributed by atoms with Gasteiger partial charge in [-0.1, -0.05) is 29.8 Å². The van der Waals surface area contributed by atoms with Crippen LogP contribution in [0.1, 0.15) is 10.4 Å². The van der Waals surface area contributed by atoms with Crippen molar-refractivity contribution >= 4 is 39.7 Å². The fourth-order valence-corrected chi connectivity index (χ4v) is 3.19. The molecule has 0 aliphatic carbocycles. The Kier molecular flexibility index (Phi) is 4.11. The first-order valence-electron chi connectivity index (χ1n) is 6.58. The molecule has 0 spiro atoms. The van der Waals surface area contributed by atoms with E-state index in [1.165, 1.54) is 23.5 Å². The quantitative estimate of drug-likeness (QED) is 0.673. The third-order valence-electron chi connectivity index (χ3n) is 3.33. The average molecular weight is 333 g/mol. The molecule has 0 fully saturated rings. The van der Waals surface area contributed by atoms with Gasteiger partial charge in [-0.25, -0.2) is 10.0 Å². The second-order valence-corrected chi connectivity index (χ2v) is 6.38. The van der Waals surface area contributed by atoms with Crippen molar-refractivity contribution in [3.05, 3.63) is 52.4 Å². The van der Waals surface area contributed by atoms with Crippen LogP contribution in [0, 0.1) is 0 Å².